The van der Waals surface area contributed by atoms with Crippen LogP contribution in [0.25, 0.3) is 0 Å². The van der Waals surface area contributed by atoms with E-state index in [1.807, 2.05) is 61.5 Å². The molecule has 0 unspecified atom stereocenters. The van der Waals surface area contributed by atoms with Crippen LogP contribution >= 0.6 is 15.9 Å². The zero-order valence-corrected chi connectivity index (χ0v) is 25.9. The number of hydrogen-bond donors (Lipinski definition) is 1. The van der Waals surface area contributed by atoms with Crippen LogP contribution in [0.15, 0.2) is 83.3 Å². The van der Waals surface area contributed by atoms with Crippen molar-refractivity contribution in [3.8, 4) is 0 Å². The number of carbonyl (C=O) groups excluding carboxylic acids is 2. The van der Waals surface area contributed by atoms with Crippen LogP contribution in [0.3, 0.4) is 0 Å². The molecule has 3 rings (SSSR count). The first-order valence-electron chi connectivity index (χ1n) is 13.3. The van der Waals surface area contributed by atoms with Crippen molar-refractivity contribution in [2.45, 2.75) is 38.8 Å². The van der Waals surface area contributed by atoms with Gasteiger partial charge in [0.2, 0.25) is 11.8 Å². The molecule has 0 heterocycles. The minimum atomic E-state index is -4.14. The van der Waals surface area contributed by atoms with Gasteiger partial charge in [-0.3, -0.25) is 9.59 Å². The van der Waals surface area contributed by atoms with E-state index >= 15 is 0 Å². The predicted octanol–water partition coefficient (Wildman–Crippen LogP) is 4.76. The summed E-state index contributed by atoms with van der Waals surface area (Å²) in [5, 5.41) is 2.95. The van der Waals surface area contributed by atoms with Crippen LogP contribution in [0.4, 0.5) is 10.1 Å². The highest BCUT2D eigenvalue weighted by atomic mass is 79.9. The predicted molar refractivity (Wildman–Crippen MR) is 163 cm³/mol. The smallest absolute Gasteiger partial charge is 0.304 e. The summed E-state index contributed by atoms with van der Waals surface area (Å²) < 4.78 is 43.2. The minimum absolute atomic E-state index is 0.0735. The maximum atomic E-state index is 14.1. The van der Waals surface area contributed by atoms with Crippen LogP contribution in [0.5, 0.6) is 0 Å². The van der Waals surface area contributed by atoms with E-state index < -0.39 is 34.5 Å². The van der Waals surface area contributed by atoms with E-state index in [1.165, 1.54) is 31.1 Å². The number of carbonyl (C=O) groups is 2. The standard InChI is InChI=1S/C30H36BrFN4O4S/c1-4-5-19-33-30(38)28(20-23-9-7-6-8-10-23)35(21-24-11-13-25(31)14-12-24)29(37)22-36(41(39,40)34(2)3)27-17-15-26(32)16-18-27/h6-18,28H,4-5,19-22H2,1-3H3,(H,33,38)/t28-/m1/s1. The Morgan fingerprint density at radius 1 is 0.927 bits per heavy atom. The molecule has 0 aliphatic heterocycles. The van der Waals surface area contributed by atoms with Gasteiger partial charge < -0.3 is 10.2 Å². The summed E-state index contributed by atoms with van der Waals surface area (Å²) in [5.41, 5.74) is 1.75. The molecule has 11 heteroatoms. The van der Waals surface area contributed by atoms with Crippen molar-refractivity contribution < 1.29 is 22.4 Å². The Hall–Kier alpha value is -3.28. The maximum Gasteiger partial charge on any atom is 0.304 e. The molecule has 8 nitrogen and oxygen atoms in total. The number of rotatable bonds is 14. The van der Waals surface area contributed by atoms with Gasteiger partial charge in [-0.05, 0) is 53.9 Å². The Bertz CT molecular complexity index is 1390. The molecule has 0 saturated carbocycles. The molecule has 0 radical (unpaired) electrons. The fourth-order valence-electron chi connectivity index (χ4n) is 4.17. The van der Waals surface area contributed by atoms with Crippen LogP contribution in [0.2, 0.25) is 0 Å². The molecule has 0 bridgehead atoms. The fourth-order valence-corrected chi connectivity index (χ4v) is 5.49. The summed E-state index contributed by atoms with van der Waals surface area (Å²) >= 11 is 3.42. The Morgan fingerprint density at radius 2 is 1.56 bits per heavy atom. The van der Waals surface area contributed by atoms with Crippen molar-refractivity contribution in [3.05, 3.63) is 100 Å². The molecule has 2 amide bonds. The van der Waals surface area contributed by atoms with Gasteiger partial charge in [0.05, 0.1) is 5.69 Å². The van der Waals surface area contributed by atoms with Gasteiger partial charge in [0, 0.05) is 38.1 Å². The third-order valence-corrected chi connectivity index (χ3v) is 8.85. The number of amides is 2. The van der Waals surface area contributed by atoms with E-state index in [0.717, 1.165) is 49.2 Å². The number of nitrogens with zero attached hydrogens (tertiary/aromatic N) is 3. The van der Waals surface area contributed by atoms with Gasteiger partial charge in [0.15, 0.2) is 0 Å². The summed E-state index contributed by atoms with van der Waals surface area (Å²) in [5.74, 6) is -1.43. The van der Waals surface area contributed by atoms with Crippen LogP contribution < -0.4 is 9.62 Å². The van der Waals surface area contributed by atoms with E-state index in [-0.39, 0.29) is 24.6 Å². The van der Waals surface area contributed by atoms with Gasteiger partial charge in [-0.25, -0.2) is 8.70 Å². The lowest BCUT2D eigenvalue weighted by atomic mass is 10.0. The first-order valence-corrected chi connectivity index (χ1v) is 15.5. The zero-order valence-electron chi connectivity index (χ0n) is 23.5. The van der Waals surface area contributed by atoms with Crippen LogP contribution in [-0.4, -0.2) is 62.7 Å². The molecular formula is C30H36BrFN4O4S. The van der Waals surface area contributed by atoms with Crippen molar-refractivity contribution in [3.63, 3.8) is 0 Å². The van der Waals surface area contributed by atoms with Crippen molar-refractivity contribution in [2.75, 3.05) is 31.5 Å². The monoisotopic (exact) mass is 646 g/mol. The van der Waals surface area contributed by atoms with Gasteiger partial charge in [0.1, 0.15) is 18.4 Å². The van der Waals surface area contributed by atoms with Gasteiger partial charge in [-0.15, -0.1) is 0 Å². The van der Waals surface area contributed by atoms with Gasteiger partial charge in [-0.1, -0.05) is 71.7 Å². The van der Waals surface area contributed by atoms with E-state index in [0.29, 0.717) is 6.54 Å². The van der Waals surface area contributed by atoms with Crippen LogP contribution in [0.1, 0.15) is 30.9 Å². The highest BCUT2D eigenvalue weighted by Gasteiger charge is 2.34. The second kappa shape index (κ2) is 15.1. The Labute approximate surface area is 250 Å². The highest BCUT2D eigenvalue weighted by Crippen LogP contribution is 2.22. The number of halogens is 2. The molecule has 0 aliphatic rings. The number of unbranched alkanes of at least 4 members (excludes halogenated alkanes) is 1. The average Bonchev–Trinajstić information content (AvgIpc) is 2.95. The first kappa shape index (κ1) is 32.2. The van der Waals surface area contributed by atoms with Crippen molar-refractivity contribution in [2.24, 2.45) is 0 Å². The largest absolute Gasteiger partial charge is 0.354 e. The summed E-state index contributed by atoms with van der Waals surface area (Å²) in [6, 6.07) is 20.7. The van der Waals surface area contributed by atoms with Crippen molar-refractivity contribution in [1.82, 2.24) is 14.5 Å². The van der Waals surface area contributed by atoms with E-state index in [9.17, 15) is 22.4 Å². The van der Waals surface area contributed by atoms with Gasteiger partial charge in [0.25, 0.3) is 0 Å². The summed E-state index contributed by atoms with van der Waals surface area (Å²) in [6.45, 7) is 1.96. The summed E-state index contributed by atoms with van der Waals surface area (Å²) in [7, 11) is -1.43. The number of anilines is 1. The van der Waals surface area contributed by atoms with Gasteiger partial charge >= 0.3 is 10.2 Å². The third kappa shape index (κ3) is 9.11. The minimum Gasteiger partial charge on any atom is -0.354 e. The summed E-state index contributed by atoms with van der Waals surface area (Å²) in [6.07, 6.45) is 1.90. The molecule has 3 aromatic carbocycles. The molecule has 0 aromatic heterocycles. The van der Waals surface area contributed by atoms with Gasteiger partial charge in [-0.2, -0.15) is 12.7 Å². The molecule has 1 atom stereocenters. The third-order valence-electron chi connectivity index (χ3n) is 6.50. The number of hydrogen-bond acceptors (Lipinski definition) is 4. The summed E-state index contributed by atoms with van der Waals surface area (Å²) in [4.78, 5) is 29.2. The molecule has 3 aromatic rings. The second-order valence-electron chi connectivity index (χ2n) is 9.77. The normalized spacial score (nSPS) is 12.1. The van der Waals surface area contributed by atoms with E-state index in [2.05, 4.69) is 21.2 Å². The molecule has 0 fully saturated rings. The lowest BCUT2D eigenvalue weighted by molar-refractivity contribution is -0.140. The molecular weight excluding hydrogens is 611 g/mol. The molecule has 0 saturated heterocycles. The second-order valence-corrected chi connectivity index (χ2v) is 12.8. The highest BCUT2D eigenvalue weighted by molar-refractivity contribution is 9.10. The number of benzene rings is 3. The van der Waals surface area contributed by atoms with E-state index in [4.69, 9.17) is 0 Å². The maximum absolute atomic E-state index is 14.1. The quantitative estimate of drug-likeness (QED) is 0.256. The first-order chi connectivity index (χ1) is 19.5. The molecule has 0 spiro atoms. The molecule has 220 valence electrons. The Morgan fingerprint density at radius 3 is 2.15 bits per heavy atom. The molecule has 1 N–H and O–H groups in total. The lowest BCUT2D eigenvalue weighted by Crippen LogP contribution is -2.54. The molecule has 41 heavy (non-hydrogen) atoms. The lowest BCUT2D eigenvalue weighted by Gasteiger charge is -2.34. The van der Waals surface area contributed by atoms with Crippen LogP contribution in [0, 0.1) is 5.82 Å². The average molecular weight is 648 g/mol. The molecule has 0 aliphatic carbocycles. The van der Waals surface area contributed by atoms with E-state index in [1.54, 1.807) is 0 Å². The van der Waals surface area contributed by atoms with Crippen LogP contribution in [-0.2, 0) is 32.8 Å². The SMILES string of the molecule is CCCCNC(=O)[C@@H](Cc1ccccc1)N(Cc1ccc(Br)cc1)C(=O)CN(c1ccc(F)cc1)S(=O)(=O)N(C)C. The van der Waals surface area contributed by atoms with Crippen molar-refractivity contribution >= 4 is 43.6 Å². The Kier molecular flexibility index (Phi) is 11.9. The van der Waals surface area contributed by atoms with Crippen molar-refractivity contribution in [1.29, 1.82) is 0 Å². The topological polar surface area (TPSA) is 90.0 Å². The fraction of sp³-hybridized carbons (Fsp3) is 0.333. The number of nitrogens with one attached hydrogen (secondary N) is 1. The zero-order chi connectivity index (χ0) is 30.0. The Balaban J connectivity index is 2.06.